The molecular weight excluding hydrogens is 346 g/mol. The molecule has 0 heterocycles. The van der Waals surface area contributed by atoms with Gasteiger partial charge in [-0.3, -0.25) is 14.9 Å². The summed E-state index contributed by atoms with van der Waals surface area (Å²) in [5.41, 5.74) is -1.43. The molecule has 0 aliphatic heterocycles. The molecule has 3 aromatic rings. The van der Waals surface area contributed by atoms with Gasteiger partial charge in [0, 0.05) is 12.1 Å². The molecule has 0 aliphatic rings. The summed E-state index contributed by atoms with van der Waals surface area (Å²) in [6.07, 6.45) is 0. The molecule has 0 atom stereocenters. The molecule has 0 bridgehead atoms. The van der Waals surface area contributed by atoms with E-state index in [0.717, 1.165) is 10.8 Å². The first-order valence-corrected chi connectivity index (χ1v) is 7.49. The van der Waals surface area contributed by atoms with E-state index in [1.54, 1.807) is 12.1 Å². The molecule has 0 saturated carbocycles. The average molecular weight is 358 g/mol. The van der Waals surface area contributed by atoms with Crippen LogP contribution in [0.25, 0.3) is 10.8 Å². The van der Waals surface area contributed by atoms with Crippen molar-refractivity contribution in [3.05, 3.63) is 76.3 Å². The number of anilines is 1. The Bertz CT molecular complexity index is 1010. The van der Waals surface area contributed by atoms with E-state index >= 15 is 0 Å². The second-order valence-corrected chi connectivity index (χ2v) is 5.39. The number of ether oxygens (including phenoxy) is 1. The Morgan fingerprint density at radius 1 is 1.04 bits per heavy atom. The van der Waals surface area contributed by atoms with Gasteiger partial charge in [-0.2, -0.15) is 4.39 Å². The molecule has 26 heavy (non-hydrogen) atoms. The number of amides is 1. The van der Waals surface area contributed by atoms with E-state index in [1.807, 2.05) is 30.3 Å². The quantitative estimate of drug-likeness (QED) is 0.551. The van der Waals surface area contributed by atoms with Crippen LogP contribution in [0.15, 0.2) is 54.6 Å². The van der Waals surface area contributed by atoms with Crippen LogP contribution in [-0.4, -0.2) is 17.4 Å². The Labute approximate surface area is 146 Å². The molecule has 6 nitrogen and oxygen atoms in total. The van der Waals surface area contributed by atoms with E-state index < -0.39 is 40.4 Å². The van der Waals surface area contributed by atoms with Crippen LogP contribution in [-0.2, 0) is 4.79 Å². The fourth-order valence-corrected chi connectivity index (χ4v) is 2.37. The monoisotopic (exact) mass is 358 g/mol. The summed E-state index contributed by atoms with van der Waals surface area (Å²) in [4.78, 5) is 21.6. The molecule has 0 unspecified atom stereocenters. The third-order valence-corrected chi connectivity index (χ3v) is 3.60. The van der Waals surface area contributed by atoms with Gasteiger partial charge in [-0.1, -0.05) is 30.3 Å². The van der Waals surface area contributed by atoms with Crippen molar-refractivity contribution >= 4 is 28.1 Å². The summed E-state index contributed by atoms with van der Waals surface area (Å²) in [5.74, 6) is -2.74. The third-order valence-electron chi connectivity index (χ3n) is 3.60. The highest BCUT2D eigenvalue weighted by Crippen LogP contribution is 2.25. The molecule has 0 aromatic heterocycles. The Morgan fingerprint density at radius 2 is 1.77 bits per heavy atom. The van der Waals surface area contributed by atoms with Crippen LogP contribution in [0, 0.1) is 21.7 Å². The normalized spacial score (nSPS) is 10.5. The van der Waals surface area contributed by atoms with E-state index in [4.69, 9.17) is 4.74 Å². The van der Waals surface area contributed by atoms with Gasteiger partial charge in [0.2, 0.25) is 5.82 Å². The highest BCUT2D eigenvalue weighted by molar-refractivity contribution is 5.92. The summed E-state index contributed by atoms with van der Waals surface area (Å²) in [6, 6.07) is 13.8. The SMILES string of the molecule is O=C(COc1ccc2ccccc2c1)Nc1cc([N+](=O)[O-])c(F)cc1F. The number of nitrogens with one attached hydrogen (secondary N) is 1. The summed E-state index contributed by atoms with van der Waals surface area (Å²) in [6.45, 7) is -0.442. The van der Waals surface area contributed by atoms with Gasteiger partial charge in [-0.15, -0.1) is 0 Å². The van der Waals surface area contributed by atoms with Crippen molar-refractivity contribution in [2.24, 2.45) is 0 Å². The maximum Gasteiger partial charge on any atom is 0.307 e. The fourth-order valence-electron chi connectivity index (χ4n) is 2.37. The fraction of sp³-hybridized carbons (Fsp3) is 0.0556. The topological polar surface area (TPSA) is 81.5 Å². The van der Waals surface area contributed by atoms with Crippen molar-refractivity contribution in [2.75, 3.05) is 11.9 Å². The standard InChI is InChI=1S/C18H12F2N2O4/c19-14-8-15(20)17(22(24)25)9-16(14)21-18(23)10-26-13-6-5-11-3-1-2-4-12(11)7-13/h1-9H,10H2,(H,21,23). The van der Waals surface area contributed by atoms with Crippen LogP contribution in [0.5, 0.6) is 5.75 Å². The lowest BCUT2D eigenvalue weighted by molar-refractivity contribution is -0.387. The number of hydrogen-bond acceptors (Lipinski definition) is 4. The zero-order valence-electron chi connectivity index (χ0n) is 13.2. The second kappa shape index (κ2) is 7.14. The van der Waals surface area contributed by atoms with Gasteiger partial charge in [0.25, 0.3) is 5.91 Å². The van der Waals surface area contributed by atoms with Crippen molar-refractivity contribution in [3.63, 3.8) is 0 Å². The molecule has 1 amide bonds. The molecule has 8 heteroatoms. The summed E-state index contributed by atoms with van der Waals surface area (Å²) < 4.78 is 32.3. The van der Waals surface area contributed by atoms with Gasteiger partial charge in [0.1, 0.15) is 11.6 Å². The average Bonchev–Trinajstić information content (AvgIpc) is 2.61. The lowest BCUT2D eigenvalue weighted by Crippen LogP contribution is -2.21. The van der Waals surface area contributed by atoms with E-state index in [-0.39, 0.29) is 0 Å². The van der Waals surface area contributed by atoms with Gasteiger partial charge < -0.3 is 10.1 Å². The molecular formula is C18H12F2N2O4. The minimum absolute atomic E-state index is 0.345. The van der Waals surface area contributed by atoms with Crippen molar-refractivity contribution < 1.29 is 23.2 Å². The predicted molar refractivity (Wildman–Crippen MR) is 91.1 cm³/mol. The van der Waals surface area contributed by atoms with Gasteiger partial charge in [-0.05, 0) is 22.9 Å². The molecule has 0 aliphatic carbocycles. The highest BCUT2D eigenvalue weighted by Gasteiger charge is 2.19. The number of fused-ring (bicyclic) bond motifs is 1. The maximum absolute atomic E-state index is 13.7. The van der Waals surface area contributed by atoms with Crippen LogP contribution in [0.3, 0.4) is 0 Å². The number of nitro benzene ring substituents is 1. The lowest BCUT2D eigenvalue weighted by Gasteiger charge is -2.09. The maximum atomic E-state index is 13.7. The molecule has 3 rings (SSSR count). The Hall–Kier alpha value is -3.55. The number of nitro groups is 1. The zero-order valence-corrected chi connectivity index (χ0v) is 13.2. The minimum Gasteiger partial charge on any atom is -0.484 e. The molecule has 0 saturated heterocycles. The number of hydrogen-bond donors (Lipinski definition) is 1. The van der Waals surface area contributed by atoms with Crippen LogP contribution in [0.1, 0.15) is 0 Å². The zero-order chi connectivity index (χ0) is 18.7. The molecule has 132 valence electrons. The first-order valence-electron chi connectivity index (χ1n) is 7.49. The van der Waals surface area contributed by atoms with Crippen LogP contribution < -0.4 is 10.1 Å². The molecule has 0 fully saturated rings. The largest absolute Gasteiger partial charge is 0.484 e. The number of halogens is 2. The van der Waals surface area contributed by atoms with E-state index in [0.29, 0.717) is 17.9 Å². The number of carbonyl (C=O) groups excluding carboxylic acids is 1. The number of benzene rings is 3. The molecule has 0 spiro atoms. The summed E-state index contributed by atoms with van der Waals surface area (Å²) in [5, 5.41) is 14.8. The second-order valence-electron chi connectivity index (χ2n) is 5.39. The lowest BCUT2D eigenvalue weighted by atomic mass is 10.1. The summed E-state index contributed by atoms with van der Waals surface area (Å²) >= 11 is 0. The van der Waals surface area contributed by atoms with Gasteiger partial charge in [0.05, 0.1) is 10.6 Å². The van der Waals surface area contributed by atoms with Gasteiger partial charge >= 0.3 is 5.69 Å². The predicted octanol–water partition coefficient (Wildman–Crippen LogP) is 4.04. The van der Waals surface area contributed by atoms with Gasteiger partial charge in [-0.25, -0.2) is 4.39 Å². The van der Waals surface area contributed by atoms with Crippen LogP contribution >= 0.6 is 0 Å². The van der Waals surface area contributed by atoms with Crippen molar-refractivity contribution in [3.8, 4) is 5.75 Å². The first kappa shape index (κ1) is 17.3. The number of rotatable bonds is 5. The Morgan fingerprint density at radius 3 is 2.50 bits per heavy atom. The summed E-state index contributed by atoms with van der Waals surface area (Å²) in [7, 11) is 0. The third kappa shape index (κ3) is 3.75. The Balaban J connectivity index is 1.68. The highest BCUT2D eigenvalue weighted by atomic mass is 19.1. The van der Waals surface area contributed by atoms with Crippen molar-refractivity contribution in [1.29, 1.82) is 0 Å². The molecule has 0 radical (unpaired) electrons. The van der Waals surface area contributed by atoms with Crippen molar-refractivity contribution in [1.82, 2.24) is 0 Å². The number of nitrogens with zero attached hydrogens (tertiary/aromatic N) is 1. The molecule has 3 aromatic carbocycles. The molecule has 1 N–H and O–H groups in total. The van der Waals surface area contributed by atoms with E-state index in [9.17, 15) is 23.7 Å². The first-order chi connectivity index (χ1) is 12.4. The smallest absolute Gasteiger partial charge is 0.307 e. The van der Waals surface area contributed by atoms with Crippen LogP contribution in [0.2, 0.25) is 0 Å². The number of carbonyl (C=O) groups is 1. The van der Waals surface area contributed by atoms with E-state index in [1.165, 1.54) is 0 Å². The van der Waals surface area contributed by atoms with Crippen molar-refractivity contribution in [2.45, 2.75) is 0 Å². The minimum atomic E-state index is -1.32. The van der Waals surface area contributed by atoms with Crippen LogP contribution in [0.4, 0.5) is 20.2 Å². The van der Waals surface area contributed by atoms with Gasteiger partial charge in [0.15, 0.2) is 6.61 Å². The Kier molecular flexibility index (Phi) is 4.74. The van der Waals surface area contributed by atoms with E-state index in [2.05, 4.69) is 5.32 Å².